The first-order chi connectivity index (χ1) is 25.0. The lowest BCUT2D eigenvalue weighted by molar-refractivity contribution is -0.765. The maximum absolute atomic E-state index is 12.5. The van der Waals surface area contributed by atoms with Crippen LogP contribution in [0.15, 0.2) is 37.2 Å². The van der Waals surface area contributed by atoms with Gasteiger partial charge in [-0.05, 0) is 6.07 Å². The Morgan fingerprint density at radius 2 is 1.63 bits per heavy atom. The molecule has 0 aromatic carbocycles. The van der Waals surface area contributed by atoms with E-state index in [2.05, 4.69) is 32.8 Å². The van der Waals surface area contributed by atoms with E-state index in [1.807, 2.05) is 0 Å². The predicted molar refractivity (Wildman–Crippen MR) is 166 cm³/mol. The molecule has 3 aromatic heterocycles. The van der Waals surface area contributed by atoms with E-state index in [4.69, 9.17) is 26.0 Å². The van der Waals surface area contributed by atoms with Gasteiger partial charge in [0.05, 0.1) is 19.5 Å². The summed E-state index contributed by atoms with van der Waals surface area (Å²) in [6.07, 6.45) is -8.59. The number of pyridine rings is 1. The standard InChI is InChI=1S/C21H28N7O17P3.C3H4O3/c22-17-12-19(25-7-24-17)28(8-26-12)21-16(44-46(33,34)35)14(30)11(43-21)6-41-48(38,39)45-47(36,37)40-5-10-13(29)15(31)20(42-10)27-3-1-2-9(4-27)18(23)32;1-2(4)3(5)6/h1-4,7-8,10-11,13-16,20-21,29-31H,5-6H2,(H7-,22,23,24,25,32,33,34,35,36,37,38,39);1H3,(H,5,6)/t10-,11-,13-,14-,15-,16-,20-,21-;/m1./s1. The number of phosphoric ester groups is 3. The maximum atomic E-state index is 12.5. The first-order valence-corrected chi connectivity index (χ1v) is 19.2. The number of nitrogen functional groups attached to an aromatic ring is 1. The highest BCUT2D eigenvalue weighted by Gasteiger charge is 2.51. The molecule has 2 fully saturated rings. The third kappa shape index (κ3) is 10.7. The Labute approximate surface area is 301 Å². The monoisotopic (exact) mass is 831 g/mol. The van der Waals surface area contributed by atoms with Crippen molar-refractivity contribution in [2.24, 2.45) is 5.73 Å². The van der Waals surface area contributed by atoms with Crippen molar-refractivity contribution in [2.45, 2.75) is 56.0 Å². The van der Waals surface area contributed by atoms with E-state index in [1.54, 1.807) is 0 Å². The Balaban J connectivity index is 0.000001000. The summed E-state index contributed by atoms with van der Waals surface area (Å²) in [6, 6.07) is 2.77. The first-order valence-electron chi connectivity index (χ1n) is 14.7. The molecule has 2 aliphatic heterocycles. The van der Waals surface area contributed by atoms with Gasteiger partial charge in [0.1, 0.15) is 47.9 Å². The number of carbonyl (C=O) groups excluding carboxylic acids is 2. The van der Waals surface area contributed by atoms with E-state index in [0.717, 1.165) is 24.1 Å². The molecule has 2 aliphatic rings. The molecule has 298 valence electrons. The molecule has 1 amide bonds. The molecule has 5 heterocycles. The minimum absolute atomic E-state index is 0.00541. The highest BCUT2D eigenvalue weighted by Crippen LogP contribution is 2.58. The van der Waals surface area contributed by atoms with Crippen LogP contribution in [0.1, 0.15) is 29.7 Å². The number of hydrogen-bond donors (Lipinski definition) is 9. The average molecular weight is 831 g/mol. The van der Waals surface area contributed by atoms with Crippen LogP contribution in [-0.4, -0.2) is 122 Å². The number of aliphatic hydroxyl groups excluding tert-OH is 3. The van der Waals surface area contributed by atoms with E-state index in [9.17, 15) is 63.0 Å². The largest absolute Gasteiger partial charge is 0.756 e. The van der Waals surface area contributed by atoms with Crippen LogP contribution in [0.5, 0.6) is 0 Å². The normalized spacial score (nSPS) is 27.8. The summed E-state index contributed by atoms with van der Waals surface area (Å²) in [7, 11) is -16.6. The number of nitrogens with zero attached hydrogens (tertiary/aromatic N) is 5. The van der Waals surface area contributed by atoms with Gasteiger partial charge in [0.25, 0.3) is 20.0 Å². The van der Waals surface area contributed by atoms with E-state index in [-0.39, 0.29) is 22.5 Å². The molecule has 10 atom stereocenters. The number of carbonyl (C=O) groups is 3. The number of aromatic nitrogens is 5. The highest BCUT2D eigenvalue weighted by molar-refractivity contribution is 7.60. The number of imidazole rings is 1. The lowest BCUT2D eigenvalue weighted by Gasteiger charge is -2.26. The second-order valence-corrected chi connectivity index (χ2v) is 15.3. The third-order valence-corrected chi connectivity index (χ3v) is 10.4. The Hall–Kier alpha value is -3.72. The summed E-state index contributed by atoms with van der Waals surface area (Å²) < 4.78 is 67.9. The van der Waals surface area contributed by atoms with Crippen LogP contribution in [0.25, 0.3) is 11.2 Å². The van der Waals surface area contributed by atoms with Gasteiger partial charge in [0.15, 0.2) is 36.2 Å². The molecule has 2 saturated heterocycles. The van der Waals surface area contributed by atoms with Crippen LogP contribution in [-0.2, 0) is 50.6 Å². The van der Waals surface area contributed by atoms with Crippen LogP contribution in [0, 0.1) is 0 Å². The number of aliphatic carboxylic acids is 1. The van der Waals surface area contributed by atoms with Gasteiger partial charge in [-0.25, -0.2) is 33.2 Å². The van der Waals surface area contributed by atoms with Gasteiger partial charge < -0.3 is 65.5 Å². The third-order valence-electron chi connectivity index (χ3n) is 7.27. The fourth-order valence-corrected chi connectivity index (χ4v) is 7.42. The molecule has 27 nitrogen and oxygen atoms in total. The minimum atomic E-state index is -5.72. The second-order valence-electron chi connectivity index (χ2n) is 11.1. The summed E-state index contributed by atoms with van der Waals surface area (Å²) in [5.41, 5.74) is 11.1. The molecule has 30 heteroatoms. The highest BCUT2D eigenvalue weighted by atomic mass is 31.3. The molecule has 0 spiro atoms. The number of anilines is 1. The fraction of sp³-hybridized carbons (Fsp3) is 0.458. The number of phosphoric acid groups is 3. The van der Waals surface area contributed by atoms with Crippen molar-refractivity contribution in [3.63, 3.8) is 0 Å². The van der Waals surface area contributed by atoms with Crippen molar-refractivity contribution < 1.29 is 100 Å². The zero-order valence-corrected chi connectivity index (χ0v) is 29.9. The smallest absolute Gasteiger partial charge is 0.478 e. The van der Waals surface area contributed by atoms with E-state index >= 15 is 0 Å². The predicted octanol–water partition coefficient (Wildman–Crippen LogP) is -3.87. The van der Waals surface area contributed by atoms with Gasteiger partial charge in [-0.3, -0.25) is 27.8 Å². The quantitative estimate of drug-likeness (QED) is 0.0426. The van der Waals surface area contributed by atoms with Crippen LogP contribution in [0.2, 0.25) is 0 Å². The summed E-state index contributed by atoms with van der Waals surface area (Å²) in [6.45, 7) is -1.12. The molecule has 54 heavy (non-hydrogen) atoms. The van der Waals surface area contributed by atoms with E-state index in [0.29, 0.717) is 0 Å². The lowest BCUT2D eigenvalue weighted by Crippen LogP contribution is -2.46. The number of aliphatic hydroxyl groups is 3. The number of primary amides is 1. The zero-order chi connectivity index (χ0) is 40.3. The number of hydrogen-bond acceptors (Lipinski definition) is 20. The number of fused-ring (bicyclic) bond motifs is 1. The number of rotatable bonds is 14. The van der Waals surface area contributed by atoms with Crippen LogP contribution >= 0.6 is 23.5 Å². The van der Waals surface area contributed by atoms with Gasteiger partial charge in [0.2, 0.25) is 5.78 Å². The van der Waals surface area contributed by atoms with Crippen molar-refractivity contribution in [1.29, 1.82) is 0 Å². The van der Waals surface area contributed by atoms with Crippen molar-refractivity contribution >= 4 is 58.1 Å². The minimum Gasteiger partial charge on any atom is -0.756 e. The van der Waals surface area contributed by atoms with Crippen molar-refractivity contribution in [1.82, 2.24) is 19.5 Å². The Morgan fingerprint density at radius 3 is 2.24 bits per heavy atom. The molecule has 3 aromatic rings. The number of ether oxygens (including phenoxy) is 2. The Kier molecular flexibility index (Phi) is 13.5. The number of Topliss-reactive ketones (excluding diaryl/α,β-unsaturated/α-hetero) is 1. The number of nitrogens with two attached hydrogens (primary N) is 2. The van der Waals surface area contributed by atoms with Crippen molar-refractivity contribution in [3.8, 4) is 0 Å². The zero-order valence-electron chi connectivity index (χ0n) is 27.2. The molecular weight excluding hydrogens is 799 g/mol. The summed E-state index contributed by atoms with van der Waals surface area (Å²) in [4.78, 5) is 83.3. The van der Waals surface area contributed by atoms with Crippen molar-refractivity contribution in [3.05, 3.63) is 42.7 Å². The number of carboxylic acids is 1. The van der Waals surface area contributed by atoms with Gasteiger partial charge in [0, 0.05) is 13.0 Å². The summed E-state index contributed by atoms with van der Waals surface area (Å²) >= 11 is 0. The van der Waals surface area contributed by atoms with Crippen LogP contribution < -0.4 is 20.9 Å². The van der Waals surface area contributed by atoms with Gasteiger partial charge in [-0.2, -0.15) is 4.57 Å². The second kappa shape index (κ2) is 17.0. The molecule has 0 aliphatic carbocycles. The lowest BCUT2D eigenvalue weighted by atomic mass is 10.1. The Morgan fingerprint density at radius 1 is 1.00 bits per heavy atom. The molecular formula is C24H32N7O20P3. The molecule has 11 N–H and O–H groups in total. The fourth-order valence-electron chi connectivity index (χ4n) is 4.82. The SMILES string of the molecule is CC(=O)C(=O)O.NC(=O)c1ccc[n+]([C@@H]2O[C@H](COP(=O)([O-])OP(=O)(O)OC[C@H]3O[C@@H](n4cnc5c(N)ncnc54)[C@H](OP(=O)(O)O)[C@@H]3O)[C@@H](O)[C@H]2O)c1. The topological polar surface area (TPSA) is 422 Å². The number of amides is 1. The van der Waals surface area contributed by atoms with Crippen LogP contribution in [0.3, 0.4) is 0 Å². The van der Waals surface area contributed by atoms with E-state index in [1.165, 1.54) is 29.1 Å². The molecule has 0 bridgehead atoms. The number of carboxylic acid groups (broad SMARTS) is 1. The average Bonchev–Trinajstić information content (AvgIpc) is 3.72. The van der Waals surface area contributed by atoms with Gasteiger partial charge in [-0.1, -0.05) is 0 Å². The molecule has 5 rings (SSSR count). The Bertz CT molecular complexity index is 2000. The number of ketones is 1. The van der Waals surface area contributed by atoms with Crippen molar-refractivity contribution in [2.75, 3.05) is 18.9 Å². The summed E-state index contributed by atoms with van der Waals surface area (Å²) in [5.74, 6) is -3.07. The molecule has 0 saturated carbocycles. The van der Waals surface area contributed by atoms with Gasteiger partial charge in [-0.15, -0.1) is 0 Å². The summed E-state index contributed by atoms with van der Waals surface area (Å²) in [5, 5.41) is 39.1. The molecule has 0 radical (unpaired) electrons. The molecule has 2 unspecified atom stereocenters. The maximum Gasteiger partial charge on any atom is 0.478 e. The first kappa shape index (κ1) is 43.0. The van der Waals surface area contributed by atoms with Crippen LogP contribution in [0.4, 0.5) is 5.82 Å². The van der Waals surface area contributed by atoms with Gasteiger partial charge >= 0.3 is 21.6 Å². The van der Waals surface area contributed by atoms with E-state index < -0.39 is 103 Å².